The molecule has 1 aliphatic rings. The summed E-state index contributed by atoms with van der Waals surface area (Å²) in [6, 6.07) is 2.08. The molecule has 18 heavy (non-hydrogen) atoms. The summed E-state index contributed by atoms with van der Waals surface area (Å²) in [7, 11) is 1.81. The van der Waals surface area contributed by atoms with Crippen LogP contribution in [0.1, 0.15) is 30.4 Å². The van der Waals surface area contributed by atoms with E-state index in [1.165, 1.54) is 12.0 Å². The molecule has 1 aromatic rings. The Hall–Kier alpha value is -0.840. The predicted molar refractivity (Wildman–Crippen MR) is 71.2 cm³/mol. The van der Waals surface area contributed by atoms with Gasteiger partial charge in [-0.25, -0.2) is 0 Å². The van der Waals surface area contributed by atoms with E-state index in [0.29, 0.717) is 18.6 Å². The highest BCUT2D eigenvalue weighted by atomic mass is 16.5. The molecular formula is C14H24N2O2. The van der Waals surface area contributed by atoms with Gasteiger partial charge in [-0.05, 0) is 31.9 Å². The Morgan fingerprint density at radius 1 is 1.56 bits per heavy atom. The lowest BCUT2D eigenvalue weighted by molar-refractivity contribution is -0.00755. The first-order valence-electron chi connectivity index (χ1n) is 6.67. The Bertz CT molecular complexity index is 389. The Morgan fingerprint density at radius 3 is 2.94 bits per heavy atom. The Labute approximate surface area is 109 Å². The zero-order valence-corrected chi connectivity index (χ0v) is 11.6. The maximum absolute atomic E-state index is 5.60. The number of piperidine rings is 1. The number of furan rings is 1. The average Bonchev–Trinajstić information content (AvgIpc) is 2.72. The lowest BCUT2D eigenvalue weighted by Gasteiger charge is -2.36. The monoisotopic (exact) mass is 252 g/mol. The van der Waals surface area contributed by atoms with Gasteiger partial charge in [0.25, 0.3) is 0 Å². The second-order valence-corrected chi connectivity index (χ2v) is 5.27. The van der Waals surface area contributed by atoms with Gasteiger partial charge in [-0.1, -0.05) is 6.92 Å². The highest BCUT2D eigenvalue weighted by Crippen LogP contribution is 2.23. The lowest BCUT2D eigenvalue weighted by atomic mass is 9.95. The molecule has 2 heterocycles. The van der Waals surface area contributed by atoms with E-state index >= 15 is 0 Å². The largest absolute Gasteiger partial charge is 0.465 e. The van der Waals surface area contributed by atoms with Crippen LogP contribution in [0.2, 0.25) is 0 Å². The first-order chi connectivity index (χ1) is 8.63. The maximum Gasteiger partial charge on any atom is 0.118 e. The summed E-state index contributed by atoms with van der Waals surface area (Å²) in [6.45, 7) is 7.81. The molecule has 4 heteroatoms. The maximum atomic E-state index is 5.60. The summed E-state index contributed by atoms with van der Waals surface area (Å²) in [5.41, 5.74) is 6.85. The van der Waals surface area contributed by atoms with Crippen molar-refractivity contribution in [2.75, 3.05) is 20.2 Å². The second-order valence-electron chi connectivity index (χ2n) is 5.27. The van der Waals surface area contributed by atoms with Crippen LogP contribution in [0, 0.1) is 12.8 Å². The van der Waals surface area contributed by atoms with Crippen LogP contribution in [0.25, 0.3) is 0 Å². The fourth-order valence-electron chi connectivity index (χ4n) is 2.63. The molecule has 1 fully saturated rings. The van der Waals surface area contributed by atoms with Crippen molar-refractivity contribution in [2.24, 2.45) is 11.7 Å². The molecule has 0 saturated carbocycles. The van der Waals surface area contributed by atoms with E-state index < -0.39 is 0 Å². The van der Waals surface area contributed by atoms with E-state index in [0.717, 1.165) is 31.2 Å². The number of hydrogen-bond donors (Lipinski definition) is 1. The minimum absolute atomic E-state index is 0.347. The smallest absolute Gasteiger partial charge is 0.118 e. The number of rotatable bonds is 4. The SMILES string of the molecule is COC1CN(Cc2cc(CN)oc2C)CCC1C. The number of aryl methyl sites for hydroxylation is 1. The van der Waals surface area contributed by atoms with Crippen LogP contribution in [0.3, 0.4) is 0 Å². The third-order valence-electron chi connectivity index (χ3n) is 3.94. The molecule has 0 amide bonds. The van der Waals surface area contributed by atoms with Crippen LogP contribution < -0.4 is 5.73 Å². The van der Waals surface area contributed by atoms with Gasteiger partial charge in [0.1, 0.15) is 11.5 Å². The quantitative estimate of drug-likeness (QED) is 0.889. The lowest BCUT2D eigenvalue weighted by Crippen LogP contribution is -2.43. The summed E-state index contributed by atoms with van der Waals surface area (Å²) < 4.78 is 11.1. The molecule has 2 atom stereocenters. The fourth-order valence-corrected chi connectivity index (χ4v) is 2.63. The van der Waals surface area contributed by atoms with E-state index in [-0.39, 0.29) is 0 Å². The molecule has 0 bridgehead atoms. The highest BCUT2D eigenvalue weighted by Gasteiger charge is 2.26. The number of hydrogen-bond acceptors (Lipinski definition) is 4. The Balaban J connectivity index is 1.98. The van der Waals surface area contributed by atoms with Gasteiger partial charge in [-0.15, -0.1) is 0 Å². The van der Waals surface area contributed by atoms with Gasteiger partial charge in [-0.2, -0.15) is 0 Å². The van der Waals surface area contributed by atoms with E-state index in [1.807, 2.05) is 6.92 Å². The normalized spacial score (nSPS) is 25.6. The van der Waals surface area contributed by atoms with Crippen molar-refractivity contribution < 1.29 is 9.15 Å². The van der Waals surface area contributed by atoms with Gasteiger partial charge in [0.05, 0.1) is 12.6 Å². The molecular weight excluding hydrogens is 228 g/mol. The Morgan fingerprint density at radius 2 is 2.33 bits per heavy atom. The summed E-state index contributed by atoms with van der Waals surface area (Å²) in [5, 5.41) is 0. The van der Waals surface area contributed by atoms with Crippen molar-refractivity contribution in [3.8, 4) is 0 Å². The number of nitrogens with two attached hydrogens (primary N) is 1. The molecule has 0 aromatic carbocycles. The van der Waals surface area contributed by atoms with Crippen molar-refractivity contribution in [3.05, 3.63) is 23.2 Å². The van der Waals surface area contributed by atoms with Crippen molar-refractivity contribution >= 4 is 0 Å². The molecule has 1 aromatic heterocycles. The van der Waals surface area contributed by atoms with Crippen LogP contribution >= 0.6 is 0 Å². The van der Waals surface area contributed by atoms with E-state index in [2.05, 4.69) is 17.9 Å². The number of likely N-dealkylation sites (tertiary alicyclic amines) is 1. The van der Waals surface area contributed by atoms with Crippen LogP contribution in [-0.4, -0.2) is 31.2 Å². The van der Waals surface area contributed by atoms with Gasteiger partial charge in [-0.3, -0.25) is 4.90 Å². The number of nitrogens with zero attached hydrogens (tertiary/aromatic N) is 1. The molecule has 0 radical (unpaired) electrons. The first kappa shape index (κ1) is 13.6. The minimum Gasteiger partial charge on any atom is -0.465 e. The van der Waals surface area contributed by atoms with Gasteiger partial charge in [0.2, 0.25) is 0 Å². The van der Waals surface area contributed by atoms with Crippen LogP contribution in [0.15, 0.2) is 10.5 Å². The Kier molecular flexibility index (Phi) is 4.43. The second kappa shape index (κ2) is 5.87. The third-order valence-corrected chi connectivity index (χ3v) is 3.94. The molecule has 2 rings (SSSR count). The van der Waals surface area contributed by atoms with E-state index in [1.54, 1.807) is 7.11 Å². The van der Waals surface area contributed by atoms with Crippen LogP contribution in [0.4, 0.5) is 0 Å². The molecule has 102 valence electrons. The van der Waals surface area contributed by atoms with Crippen molar-refractivity contribution in [3.63, 3.8) is 0 Å². The molecule has 2 unspecified atom stereocenters. The van der Waals surface area contributed by atoms with Crippen LogP contribution in [-0.2, 0) is 17.8 Å². The van der Waals surface area contributed by atoms with Crippen molar-refractivity contribution in [1.29, 1.82) is 0 Å². The molecule has 2 N–H and O–H groups in total. The van der Waals surface area contributed by atoms with Crippen LogP contribution in [0.5, 0.6) is 0 Å². The average molecular weight is 252 g/mol. The molecule has 0 spiro atoms. The van der Waals surface area contributed by atoms with Crippen molar-refractivity contribution in [2.45, 2.75) is 39.5 Å². The minimum atomic E-state index is 0.347. The van der Waals surface area contributed by atoms with Crippen molar-refractivity contribution in [1.82, 2.24) is 4.90 Å². The van der Waals surface area contributed by atoms with Gasteiger partial charge >= 0.3 is 0 Å². The standard InChI is InChI=1S/C14H24N2O2/c1-10-4-5-16(9-14(10)17-3)8-12-6-13(7-15)18-11(12)2/h6,10,14H,4-5,7-9,15H2,1-3H3. The third kappa shape index (κ3) is 2.94. The summed E-state index contributed by atoms with van der Waals surface area (Å²) in [5.74, 6) is 2.51. The van der Waals surface area contributed by atoms with Gasteiger partial charge in [0.15, 0.2) is 0 Å². The zero-order chi connectivity index (χ0) is 13.1. The number of ether oxygens (including phenoxy) is 1. The predicted octanol–water partition coefficient (Wildman–Crippen LogP) is 1.90. The van der Waals surface area contributed by atoms with Gasteiger partial charge < -0.3 is 14.9 Å². The summed E-state index contributed by atoms with van der Waals surface area (Å²) in [4.78, 5) is 2.44. The summed E-state index contributed by atoms with van der Waals surface area (Å²) in [6.07, 6.45) is 1.54. The molecule has 4 nitrogen and oxygen atoms in total. The van der Waals surface area contributed by atoms with Gasteiger partial charge in [0, 0.05) is 25.8 Å². The molecule has 1 saturated heterocycles. The fraction of sp³-hybridized carbons (Fsp3) is 0.714. The molecule has 0 aliphatic carbocycles. The summed E-state index contributed by atoms with van der Waals surface area (Å²) >= 11 is 0. The topological polar surface area (TPSA) is 51.6 Å². The highest BCUT2D eigenvalue weighted by molar-refractivity contribution is 5.20. The zero-order valence-electron chi connectivity index (χ0n) is 11.6. The van der Waals surface area contributed by atoms with E-state index in [9.17, 15) is 0 Å². The van der Waals surface area contributed by atoms with E-state index in [4.69, 9.17) is 14.9 Å². The molecule has 1 aliphatic heterocycles. The first-order valence-corrected chi connectivity index (χ1v) is 6.67. The number of methoxy groups -OCH3 is 1.